The van der Waals surface area contributed by atoms with Gasteiger partial charge in [-0.3, -0.25) is 9.59 Å². The van der Waals surface area contributed by atoms with Gasteiger partial charge in [-0.15, -0.1) is 0 Å². The van der Waals surface area contributed by atoms with Gasteiger partial charge in [0.15, 0.2) is 5.82 Å². The Balaban J connectivity index is 1.43. The number of amides is 2. The largest absolute Gasteiger partial charge is 0.418 e. The molecule has 0 unspecified atom stereocenters. The number of nitrogen functional groups attached to an aromatic ring is 1. The predicted octanol–water partition coefficient (Wildman–Crippen LogP) is 3.59. The summed E-state index contributed by atoms with van der Waals surface area (Å²) in [5.74, 6) is -1.76. The summed E-state index contributed by atoms with van der Waals surface area (Å²) in [6.07, 6.45) is -5.55. The van der Waals surface area contributed by atoms with Crippen LogP contribution in [-0.4, -0.2) is 62.8 Å². The maximum absolute atomic E-state index is 14.8. The van der Waals surface area contributed by atoms with Crippen molar-refractivity contribution in [2.45, 2.75) is 50.7 Å². The zero-order chi connectivity index (χ0) is 27.4. The van der Waals surface area contributed by atoms with Crippen molar-refractivity contribution >= 4 is 23.1 Å². The topological polar surface area (TPSA) is 106 Å². The number of nitrogens with zero attached hydrogens (tertiary/aromatic N) is 4. The molecule has 8 nitrogen and oxygen atoms in total. The summed E-state index contributed by atoms with van der Waals surface area (Å²) >= 11 is 0. The number of carbonyl (C=O) groups excluding carboxylic acids is 2. The van der Waals surface area contributed by atoms with Gasteiger partial charge in [-0.05, 0) is 37.0 Å². The first kappa shape index (κ1) is 25.9. The minimum Gasteiger partial charge on any atom is -0.382 e. The van der Waals surface area contributed by atoms with E-state index in [4.69, 9.17) is 5.73 Å². The molecule has 1 saturated heterocycles. The van der Waals surface area contributed by atoms with Crippen LogP contribution in [0.4, 0.5) is 27.8 Å². The molecule has 1 saturated carbocycles. The number of alkyl halides is 5. The van der Waals surface area contributed by atoms with E-state index in [-0.39, 0.29) is 54.5 Å². The number of anilines is 1. The molecule has 2 aliphatic rings. The van der Waals surface area contributed by atoms with Gasteiger partial charge in [-0.2, -0.15) is 18.3 Å². The van der Waals surface area contributed by atoms with Gasteiger partial charge in [0.1, 0.15) is 24.2 Å². The molecule has 2 fully saturated rings. The smallest absolute Gasteiger partial charge is 0.382 e. The Hall–Kier alpha value is -3.77. The van der Waals surface area contributed by atoms with Gasteiger partial charge in [-0.25, -0.2) is 18.3 Å². The van der Waals surface area contributed by atoms with E-state index in [0.717, 1.165) is 16.9 Å². The maximum atomic E-state index is 14.8. The van der Waals surface area contributed by atoms with Crippen molar-refractivity contribution in [1.29, 1.82) is 0 Å². The van der Waals surface area contributed by atoms with Crippen LogP contribution in [0.3, 0.4) is 0 Å². The lowest BCUT2D eigenvalue weighted by Gasteiger charge is -2.31. The highest BCUT2D eigenvalue weighted by Crippen LogP contribution is 2.39. The highest BCUT2D eigenvalue weighted by atomic mass is 19.4. The number of hydrogen-bond donors (Lipinski definition) is 2. The molecule has 0 radical (unpaired) electrons. The standard InChI is InChI=1S/C25H25F5N6O2/c1-2-12-3-4-13(20-8-17(25(28,29)30)21-22(31)32-11-33-36(20)21)7-16(12)23(37)34-19-10-35(9-18(19)27)24(38)14-5-15(26)6-14/h3-4,7-8,11,14-15,18-19H,2,5-6,9-10H2,1H3,(H,34,37)(H2,31,32,33)/t14?,15?,18-,19+/m0/s1. The fourth-order valence-corrected chi connectivity index (χ4v) is 5.08. The van der Waals surface area contributed by atoms with Gasteiger partial charge in [0, 0.05) is 23.6 Å². The first-order chi connectivity index (χ1) is 18.0. The summed E-state index contributed by atoms with van der Waals surface area (Å²) in [6, 6.07) is 4.53. The van der Waals surface area contributed by atoms with Crippen molar-refractivity contribution in [3.8, 4) is 11.3 Å². The maximum Gasteiger partial charge on any atom is 0.418 e. The number of aromatic nitrogens is 3. The molecule has 3 heterocycles. The van der Waals surface area contributed by atoms with E-state index in [1.807, 2.05) is 0 Å². The van der Waals surface area contributed by atoms with Crippen LogP contribution in [-0.2, 0) is 17.4 Å². The number of aryl methyl sites for hydroxylation is 1. The van der Waals surface area contributed by atoms with Crippen LogP contribution in [0.15, 0.2) is 30.6 Å². The van der Waals surface area contributed by atoms with Gasteiger partial charge >= 0.3 is 6.18 Å². The van der Waals surface area contributed by atoms with Crippen LogP contribution < -0.4 is 11.1 Å². The quantitative estimate of drug-likeness (QED) is 0.485. The van der Waals surface area contributed by atoms with E-state index in [9.17, 15) is 31.5 Å². The van der Waals surface area contributed by atoms with Gasteiger partial charge in [0.2, 0.25) is 5.91 Å². The molecule has 0 spiro atoms. The zero-order valence-electron chi connectivity index (χ0n) is 20.3. The molecule has 38 heavy (non-hydrogen) atoms. The number of likely N-dealkylation sites (tertiary alicyclic amines) is 1. The second kappa shape index (κ2) is 9.52. The molecule has 202 valence electrons. The van der Waals surface area contributed by atoms with E-state index in [2.05, 4.69) is 15.4 Å². The molecule has 1 aliphatic heterocycles. The van der Waals surface area contributed by atoms with E-state index in [1.165, 1.54) is 11.0 Å². The molecule has 3 aromatic rings. The van der Waals surface area contributed by atoms with Crippen LogP contribution in [0.1, 0.15) is 41.3 Å². The summed E-state index contributed by atoms with van der Waals surface area (Å²) in [7, 11) is 0. The Morgan fingerprint density at radius 2 is 1.89 bits per heavy atom. The van der Waals surface area contributed by atoms with E-state index in [0.29, 0.717) is 12.0 Å². The van der Waals surface area contributed by atoms with Crippen molar-refractivity contribution in [1.82, 2.24) is 24.8 Å². The molecule has 5 rings (SSSR count). The lowest BCUT2D eigenvalue weighted by molar-refractivity contribution is -0.139. The summed E-state index contributed by atoms with van der Waals surface area (Å²) in [5, 5.41) is 6.56. The Labute approximate surface area is 214 Å². The highest BCUT2D eigenvalue weighted by Gasteiger charge is 2.43. The Kier molecular flexibility index (Phi) is 6.48. The van der Waals surface area contributed by atoms with Crippen LogP contribution in [0.5, 0.6) is 0 Å². The third-order valence-electron chi connectivity index (χ3n) is 7.23. The second-order valence-corrected chi connectivity index (χ2v) is 9.68. The van der Waals surface area contributed by atoms with Crippen molar-refractivity contribution in [2.75, 3.05) is 18.8 Å². The number of halogens is 5. The molecular formula is C25H25F5N6O2. The normalized spacial score (nSPS) is 23.5. The van der Waals surface area contributed by atoms with Crippen LogP contribution in [0.25, 0.3) is 16.8 Å². The summed E-state index contributed by atoms with van der Waals surface area (Å²) in [5.41, 5.74) is 5.38. The molecule has 2 aromatic heterocycles. The first-order valence-corrected chi connectivity index (χ1v) is 12.2. The van der Waals surface area contributed by atoms with Crippen LogP contribution >= 0.6 is 0 Å². The number of benzene rings is 1. The average molecular weight is 537 g/mol. The number of nitrogens with two attached hydrogens (primary N) is 1. The van der Waals surface area contributed by atoms with E-state index in [1.54, 1.807) is 19.1 Å². The average Bonchev–Trinajstić information content (AvgIpc) is 3.43. The van der Waals surface area contributed by atoms with Crippen LogP contribution in [0, 0.1) is 5.92 Å². The molecule has 3 N–H and O–H groups in total. The Bertz CT molecular complexity index is 1400. The summed E-state index contributed by atoms with van der Waals surface area (Å²) in [6.45, 7) is 1.56. The molecule has 1 aromatic carbocycles. The Morgan fingerprint density at radius 1 is 1.16 bits per heavy atom. The van der Waals surface area contributed by atoms with Crippen molar-refractivity contribution in [2.24, 2.45) is 5.92 Å². The van der Waals surface area contributed by atoms with Gasteiger partial charge in [0.25, 0.3) is 5.91 Å². The number of nitrogens with one attached hydrogen (secondary N) is 1. The molecule has 2 amide bonds. The highest BCUT2D eigenvalue weighted by molar-refractivity contribution is 5.97. The van der Waals surface area contributed by atoms with E-state index >= 15 is 0 Å². The van der Waals surface area contributed by atoms with Gasteiger partial charge < -0.3 is 16.0 Å². The van der Waals surface area contributed by atoms with Gasteiger partial charge in [0.05, 0.1) is 23.8 Å². The summed E-state index contributed by atoms with van der Waals surface area (Å²) < 4.78 is 70.1. The number of hydrogen-bond acceptors (Lipinski definition) is 5. The number of rotatable bonds is 5. The minimum atomic E-state index is -4.72. The molecule has 0 bridgehead atoms. The predicted molar refractivity (Wildman–Crippen MR) is 128 cm³/mol. The van der Waals surface area contributed by atoms with E-state index < -0.39 is 47.5 Å². The third-order valence-corrected chi connectivity index (χ3v) is 7.23. The van der Waals surface area contributed by atoms with Crippen molar-refractivity contribution in [3.63, 3.8) is 0 Å². The monoisotopic (exact) mass is 536 g/mol. The number of fused-ring (bicyclic) bond motifs is 1. The van der Waals surface area contributed by atoms with Crippen molar-refractivity contribution < 1.29 is 31.5 Å². The second-order valence-electron chi connectivity index (χ2n) is 9.68. The SMILES string of the molecule is CCc1ccc(-c2cc(C(F)(F)F)c3c(N)ncnn23)cc1C(=O)N[C@@H]1CN(C(=O)C2CC(F)C2)C[C@@H]1F. The fourth-order valence-electron chi connectivity index (χ4n) is 5.08. The zero-order valence-corrected chi connectivity index (χ0v) is 20.3. The van der Waals surface area contributed by atoms with Gasteiger partial charge in [-0.1, -0.05) is 19.1 Å². The molecule has 13 heteroatoms. The summed E-state index contributed by atoms with van der Waals surface area (Å²) in [4.78, 5) is 30.7. The minimum absolute atomic E-state index is 0.0468. The number of carbonyl (C=O) groups is 2. The third kappa shape index (κ3) is 4.54. The first-order valence-electron chi connectivity index (χ1n) is 12.2. The lowest BCUT2D eigenvalue weighted by atomic mass is 9.82. The Morgan fingerprint density at radius 3 is 2.55 bits per heavy atom. The molecular weight excluding hydrogens is 511 g/mol. The lowest BCUT2D eigenvalue weighted by Crippen LogP contribution is -2.44. The molecule has 2 atom stereocenters. The van der Waals surface area contributed by atoms with Crippen LogP contribution in [0.2, 0.25) is 0 Å². The fraction of sp³-hybridized carbons (Fsp3) is 0.440. The molecule has 1 aliphatic carbocycles. The van der Waals surface area contributed by atoms with Crippen molar-refractivity contribution in [3.05, 3.63) is 47.3 Å².